The quantitative estimate of drug-likeness (QED) is 0.405. The highest BCUT2D eigenvalue weighted by molar-refractivity contribution is 6.63. The molecule has 1 aromatic rings. The summed E-state index contributed by atoms with van der Waals surface area (Å²) in [7, 11) is 11.8. The highest BCUT2D eigenvalue weighted by Gasteiger charge is 2.13. The van der Waals surface area contributed by atoms with Crippen LogP contribution in [0.1, 0.15) is 10.4 Å². The highest BCUT2D eigenvalue weighted by Crippen LogP contribution is 1.93. The molecule has 0 aromatic heterocycles. The summed E-state index contributed by atoms with van der Waals surface area (Å²) in [6.45, 7) is 0. The fraction of sp³-hybridized carbons (Fsp3) is 0. The van der Waals surface area contributed by atoms with Crippen LogP contribution in [0.3, 0.4) is 0 Å². The average Bonchev–Trinajstić information content (AvgIpc) is 2.19. The number of hydrogen-bond acceptors (Lipinski definition) is 1. The van der Waals surface area contributed by atoms with Crippen LogP contribution < -0.4 is 21.9 Å². The van der Waals surface area contributed by atoms with Crippen LogP contribution in [-0.4, -0.2) is 58.0 Å². The molecular formula is C7H13B6NO. The molecule has 0 aliphatic carbocycles. The first kappa shape index (κ1) is 12.2. The first-order valence-corrected chi connectivity index (χ1v) is 5.15. The minimum absolute atomic E-state index is 0.0821. The molecule has 2 nitrogen and oxygen atoms in total. The van der Waals surface area contributed by atoms with Gasteiger partial charge in [-0.15, -0.1) is 10.9 Å². The Morgan fingerprint density at radius 1 is 1.00 bits per heavy atom. The third-order valence-corrected chi connectivity index (χ3v) is 3.12. The van der Waals surface area contributed by atoms with Crippen LogP contribution in [0.2, 0.25) is 0 Å². The van der Waals surface area contributed by atoms with Crippen LogP contribution in [0, 0.1) is 0 Å². The molecule has 0 fully saturated rings. The van der Waals surface area contributed by atoms with E-state index in [4.69, 9.17) is 0 Å². The molecule has 0 spiro atoms. The lowest BCUT2D eigenvalue weighted by atomic mass is 9.65. The van der Waals surface area contributed by atoms with Gasteiger partial charge in [0, 0.05) is 5.56 Å². The Morgan fingerprint density at radius 2 is 1.53 bits per heavy atom. The van der Waals surface area contributed by atoms with Gasteiger partial charge in [-0.1, -0.05) is 17.0 Å². The Morgan fingerprint density at radius 3 is 2.00 bits per heavy atom. The molecule has 1 aromatic carbocycles. The minimum atomic E-state index is 0.0821. The van der Waals surface area contributed by atoms with Crippen LogP contribution in [0.5, 0.6) is 0 Å². The number of benzene rings is 1. The molecule has 0 bridgehead atoms. The fourth-order valence-corrected chi connectivity index (χ4v) is 1.68. The van der Waals surface area contributed by atoms with Gasteiger partial charge in [0.15, 0.2) is 0 Å². The Balaban J connectivity index is 3.39. The van der Waals surface area contributed by atoms with E-state index in [1.807, 2.05) is 21.8 Å². The molecule has 1 rings (SSSR count). The van der Waals surface area contributed by atoms with E-state index in [2.05, 4.69) is 15.7 Å². The SMILES string of the molecule is Bc1cc(C(=O)N(B)B)c(B)c(B)c1B. The molecule has 15 heavy (non-hydrogen) atoms. The number of carbonyl (C=O) groups excluding carboxylic acids is 1. The Kier molecular flexibility index (Phi) is 3.48. The van der Waals surface area contributed by atoms with E-state index in [9.17, 15) is 4.79 Å². The summed E-state index contributed by atoms with van der Waals surface area (Å²) in [6, 6.07) is 1.99. The van der Waals surface area contributed by atoms with E-state index in [-0.39, 0.29) is 5.91 Å². The fourth-order valence-electron chi connectivity index (χ4n) is 1.68. The van der Waals surface area contributed by atoms with Crippen LogP contribution in [0.4, 0.5) is 0 Å². The average molecular weight is 192 g/mol. The molecule has 0 saturated carbocycles. The van der Waals surface area contributed by atoms with E-state index in [0.29, 0.717) is 0 Å². The highest BCUT2D eigenvalue weighted by atomic mass is 16.2. The number of amides is 1. The summed E-state index contributed by atoms with van der Waals surface area (Å²) >= 11 is 0. The smallest absolute Gasteiger partial charge is 0.228 e. The summed E-state index contributed by atoms with van der Waals surface area (Å²) in [4.78, 5) is 11.9. The summed E-state index contributed by atoms with van der Waals surface area (Å²) in [5.41, 5.74) is 5.60. The molecule has 0 N–H and O–H groups in total. The van der Waals surface area contributed by atoms with Crippen molar-refractivity contribution in [2.75, 3.05) is 0 Å². The molecule has 0 unspecified atom stereocenters. The van der Waals surface area contributed by atoms with Gasteiger partial charge >= 0.3 is 0 Å². The zero-order valence-corrected chi connectivity index (χ0v) is 10.4. The van der Waals surface area contributed by atoms with Crippen molar-refractivity contribution in [3.63, 3.8) is 0 Å². The molecule has 8 heteroatoms. The monoisotopic (exact) mass is 193 g/mol. The maximum atomic E-state index is 11.9. The first-order chi connectivity index (χ1) is 6.86. The third-order valence-electron chi connectivity index (χ3n) is 3.12. The zero-order chi connectivity index (χ0) is 11.7. The molecule has 70 valence electrons. The van der Waals surface area contributed by atoms with Gasteiger partial charge in [-0.2, -0.15) is 0 Å². The van der Waals surface area contributed by atoms with Crippen molar-refractivity contribution in [3.05, 3.63) is 11.6 Å². The van der Waals surface area contributed by atoms with Crippen LogP contribution in [0.15, 0.2) is 6.07 Å². The summed E-state index contributed by atoms with van der Waals surface area (Å²) in [6.07, 6.45) is 0. The lowest BCUT2D eigenvalue weighted by Gasteiger charge is -2.18. The Labute approximate surface area is 96.7 Å². The molecule has 0 aliphatic rings. The van der Waals surface area contributed by atoms with Gasteiger partial charge in [-0.25, -0.2) is 0 Å². The standard InChI is InChI=1S/C7H13B6NO/c8-3-1-2(7(15)14(12)13)4(9)6(11)5(3)10/h1H,8-13H2. The predicted octanol–water partition coefficient (Wildman–Crippen LogP) is -7.74. The van der Waals surface area contributed by atoms with Crippen molar-refractivity contribution in [2.24, 2.45) is 0 Å². The van der Waals surface area contributed by atoms with Gasteiger partial charge in [0.1, 0.15) is 31.4 Å². The lowest BCUT2D eigenvalue weighted by Crippen LogP contribution is -2.50. The van der Waals surface area contributed by atoms with E-state index in [0.717, 1.165) is 11.0 Å². The minimum Gasteiger partial charge on any atom is -0.439 e. The molecule has 0 radical (unpaired) electrons. The van der Waals surface area contributed by atoms with Crippen LogP contribution >= 0.6 is 0 Å². The topological polar surface area (TPSA) is 20.3 Å². The van der Waals surface area contributed by atoms with Crippen molar-refractivity contribution in [3.8, 4) is 0 Å². The maximum Gasteiger partial charge on any atom is 0.228 e. The second-order valence-corrected chi connectivity index (χ2v) is 4.32. The van der Waals surface area contributed by atoms with E-state index in [1.54, 1.807) is 20.7 Å². The maximum absolute atomic E-state index is 11.9. The van der Waals surface area contributed by atoms with Crippen molar-refractivity contribution >= 4 is 75.1 Å². The lowest BCUT2D eigenvalue weighted by molar-refractivity contribution is 0.0924. The molecule has 0 heterocycles. The Bertz CT molecular complexity index is 418. The number of carbonyl (C=O) groups is 1. The summed E-state index contributed by atoms with van der Waals surface area (Å²) in [5.74, 6) is 0.0821. The zero-order valence-electron chi connectivity index (χ0n) is 10.4. The van der Waals surface area contributed by atoms with Crippen molar-refractivity contribution in [1.82, 2.24) is 4.72 Å². The van der Waals surface area contributed by atoms with Crippen LogP contribution in [0.25, 0.3) is 0 Å². The molecule has 0 saturated heterocycles. The van der Waals surface area contributed by atoms with Crippen molar-refractivity contribution < 1.29 is 4.79 Å². The van der Waals surface area contributed by atoms with Crippen molar-refractivity contribution in [2.45, 2.75) is 0 Å². The second-order valence-electron chi connectivity index (χ2n) is 4.32. The van der Waals surface area contributed by atoms with E-state index < -0.39 is 0 Å². The van der Waals surface area contributed by atoms with Gasteiger partial charge in [-0.3, -0.25) is 4.79 Å². The first-order valence-electron chi connectivity index (χ1n) is 5.15. The number of rotatable bonds is 1. The summed E-state index contributed by atoms with van der Waals surface area (Å²) < 4.78 is 1.62. The second kappa shape index (κ2) is 4.30. The van der Waals surface area contributed by atoms with E-state index in [1.165, 1.54) is 16.4 Å². The van der Waals surface area contributed by atoms with E-state index >= 15 is 0 Å². The normalized spacial score (nSPS) is 9.87. The third kappa shape index (κ3) is 2.19. The number of nitrogens with zero attached hydrogens (tertiary/aromatic N) is 1. The van der Waals surface area contributed by atoms with Crippen LogP contribution in [-0.2, 0) is 0 Å². The van der Waals surface area contributed by atoms with Gasteiger partial charge in [0.05, 0.1) is 0 Å². The number of hydrogen-bond donors (Lipinski definition) is 0. The van der Waals surface area contributed by atoms with Gasteiger partial charge in [-0.05, 0) is 0 Å². The van der Waals surface area contributed by atoms with Gasteiger partial charge < -0.3 is 4.72 Å². The largest absolute Gasteiger partial charge is 0.439 e. The van der Waals surface area contributed by atoms with Gasteiger partial charge in [0.2, 0.25) is 21.9 Å². The van der Waals surface area contributed by atoms with Crippen molar-refractivity contribution in [1.29, 1.82) is 0 Å². The summed E-state index contributed by atoms with van der Waals surface area (Å²) in [5, 5.41) is 0. The van der Waals surface area contributed by atoms with Gasteiger partial charge in [0.25, 0.3) is 0 Å². The molecule has 0 aliphatic heterocycles. The molecule has 1 amide bonds. The Hall–Kier alpha value is -0.920. The molecular weight excluding hydrogens is 179 g/mol. The molecule has 0 atom stereocenters. The predicted molar refractivity (Wildman–Crippen MR) is 82.4 cm³/mol.